The molecule has 4 aromatic carbocycles. The van der Waals surface area contributed by atoms with Gasteiger partial charge in [0, 0.05) is 43.2 Å². The molecular weight excluding hydrogens is 749 g/mol. The molecule has 0 saturated carbocycles. The van der Waals surface area contributed by atoms with E-state index < -0.39 is 16.1 Å². The molecule has 15 heteroatoms. The third-order valence-corrected chi connectivity index (χ3v) is 9.31. The second kappa shape index (κ2) is 19.6. The fourth-order valence-corrected chi connectivity index (χ4v) is 6.52. The molecule has 1 heterocycles. The number of carbonyl (C=O) groups is 1. The van der Waals surface area contributed by atoms with E-state index in [1.165, 1.54) is 7.11 Å². The third-order valence-electron chi connectivity index (χ3n) is 8.71. The van der Waals surface area contributed by atoms with E-state index in [-0.39, 0.29) is 16.9 Å². The van der Waals surface area contributed by atoms with Gasteiger partial charge < -0.3 is 39.2 Å². The van der Waals surface area contributed by atoms with Gasteiger partial charge >= 0.3 is 6.03 Å². The molecule has 0 unspecified atom stereocenters. The lowest BCUT2D eigenvalue weighted by molar-refractivity contribution is 0.0264. The van der Waals surface area contributed by atoms with Crippen molar-refractivity contribution in [3.63, 3.8) is 0 Å². The zero-order valence-electron chi connectivity index (χ0n) is 33.5. The highest BCUT2D eigenvalue weighted by atomic mass is 32.2. The summed E-state index contributed by atoms with van der Waals surface area (Å²) in [6, 6.07) is 24.0. The molecule has 0 spiro atoms. The normalized spacial score (nSPS) is 11.6. The number of rotatable bonds is 19. The smallest absolute Gasteiger partial charge is 0.323 e. The first-order valence-electron chi connectivity index (χ1n) is 18.5. The predicted molar refractivity (Wildman–Crippen MR) is 225 cm³/mol. The van der Waals surface area contributed by atoms with Gasteiger partial charge in [0.25, 0.3) is 0 Å². The van der Waals surface area contributed by atoms with Gasteiger partial charge in [-0.05, 0) is 47.7 Å². The number of aryl methyl sites for hydroxylation is 1. The average molecular weight is 801 g/mol. The van der Waals surface area contributed by atoms with E-state index in [0.29, 0.717) is 75.1 Å². The summed E-state index contributed by atoms with van der Waals surface area (Å²) < 4.78 is 55.2. The van der Waals surface area contributed by atoms with Gasteiger partial charge in [0.2, 0.25) is 21.9 Å². The molecule has 3 N–H and O–H groups in total. The molecular formula is C42H52N6O8S. The van der Waals surface area contributed by atoms with E-state index in [4.69, 9.17) is 28.7 Å². The molecule has 0 radical (unpaired) electrons. The quantitative estimate of drug-likeness (QED) is 0.0701. The Morgan fingerprint density at radius 1 is 0.807 bits per heavy atom. The molecule has 0 atom stereocenters. The van der Waals surface area contributed by atoms with Crippen LogP contribution in [0.2, 0.25) is 0 Å². The highest BCUT2D eigenvalue weighted by Gasteiger charge is 2.23. The molecule has 304 valence electrons. The summed E-state index contributed by atoms with van der Waals surface area (Å²) in [7, 11) is -0.590. The van der Waals surface area contributed by atoms with Gasteiger partial charge in [-0.25, -0.2) is 18.2 Å². The lowest BCUT2D eigenvalue weighted by Gasteiger charge is -2.24. The molecule has 5 rings (SSSR count). The number of hydrogen-bond acceptors (Lipinski definition) is 11. The molecule has 14 nitrogen and oxygen atoms in total. The van der Waals surface area contributed by atoms with E-state index in [0.717, 1.165) is 33.7 Å². The molecule has 5 aromatic rings. The molecule has 0 fully saturated rings. The van der Waals surface area contributed by atoms with Crippen molar-refractivity contribution >= 4 is 49.8 Å². The summed E-state index contributed by atoms with van der Waals surface area (Å²) in [6.07, 6.45) is 2.72. The van der Waals surface area contributed by atoms with E-state index in [2.05, 4.69) is 45.5 Å². The molecule has 2 amide bonds. The third kappa shape index (κ3) is 12.5. The SMILES string of the molecule is COCCOCCOCCN(Cc1cccc(C)c1)c1nccc(Oc2ccc(NC(=O)Nc3cc(C(C)(C)C)cc(NS(C)(=O)=O)c3OC)c3ccccc23)n1. The van der Waals surface area contributed by atoms with Crippen LogP contribution in [-0.2, 0) is 36.2 Å². The first kappa shape index (κ1) is 42.7. The van der Waals surface area contributed by atoms with Gasteiger partial charge in [0.05, 0.1) is 63.5 Å². The highest BCUT2D eigenvalue weighted by molar-refractivity contribution is 7.92. The monoisotopic (exact) mass is 800 g/mol. The minimum absolute atomic E-state index is 0.176. The number of aromatic nitrogens is 2. The summed E-state index contributed by atoms with van der Waals surface area (Å²) >= 11 is 0. The zero-order valence-corrected chi connectivity index (χ0v) is 34.4. The minimum atomic E-state index is -3.64. The van der Waals surface area contributed by atoms with E-state index in [9.17, 15) is 13.2 Å². The maximum Gasteiger partial charge on any atom is 0.323 e. The van der Waals surface area contributed by atoms with Crippen molar-refractivity contribution < 1.29 is 36.9 Å². The fourth-order valence-electron chi connectivity index (χ4n) is 5.97. The Bertz CT molecular complexity index is 2250. The maximum absolute atomic E-state index is 13.6. The number of urea groups is 1. The maximum atomic E-state index is 13.6. The number of nitrogens with one attached hydrogen (secondary N) is 3. The number of anilines is 4. The number of fused-ring (bicyclic) bond motifs is 1. The summed E-state index contributed by atoms with van der Waals surface area (Å²) in [5.41, 5.74) is 3.72. The first-order valence-corrected chi connectivity index (χ1v) is 20.4. The predicted octanol–water partition coefficient (Wildman–Crippen LogP) is 7.74. The Balaban J connectivity index is 1.35. The Morgan fingerprint density at radius 3 is 2.21 bits per heavy atom. The molecule has 0 saturated heterocycles. The van der Waals surface area contributed by atoms with Gasteiger partial charge in [0.1, 0.15) is 5.75 Å². The van der Waals surface area contributed by atoms with Crippen molar-refractivity contribution in [2.24, 2.45) is 0 Å². The molecule has 0 aliphatic carbocycles. The fraction of sp³-hybridized carbons (Fsp3) is 0.357. The topological polar surface area (TPSA) is 162 Å². The van der Waals surface area contributed by atoms with Gasteiger partial charge in [-0.3, -0.25) is 4.72 Å². The van der Waals surface area contributed by atoms with E-state index >= 15 is 0 Å². The van der Waals surface area contributed by atoms with Gasteiger partial charge in [-0.15, -0.1) is 0 Å². The van der Waals surface area contributed by atoms with Crippen LogP contribution in [0.5, 0.6) is 17.4 Å². The number of amides is 2. The summed E-state index contributed by atoms with van der Waals surface area (Å²) in [5.74, 6) is 1.53. The van der Waals surface area contributed by atoms with Crippen LogP contribution in [0.4, 0.5) is 27.8 Å². The number of methoxy groups -OCH3 is 2. The van der Waals surface area contributed by atoms with Gasteiger partial charge in [-0.1, -0.05) is 74.9 Å². The second-order valence-corrected chi connectivity index (χ2v) is 16.1. The van der Waals surface area contributed by atoms with Gasteiger partial charge in [-0.2, -0.15) is 4.98 Å². The Kier molecular flexibility index (Phi) is 14.7. The zero-order chi connectivity index (χ0) is 41.0. The standard InChI is InChI=1S/C42H52N6O8S/c1-29-11-10-12-30(25-29)28-48(19-20-54-23-24-55-22-21-52-5)40-43-18-17-38(46-40)56-37-16-15-34(32-13-8-9-14-33(32)37)44-41(49)45-35-26-31(42(2,3)4)27-36(39(35)53-6)47-57(7,50)51/h8-18,25-27,47H,19-24,28H2,1-7H3,(H2,44,45,49). The number of carbonyl (C=O) groups excluding carboxylic acids is 1. The number of ether oxygens (including phenoxy) is 5. The number of nitrogens with zero attached hydrogens (tertiary/aromatic N) is 3. The summed E-state index contributed by atoms with van der Waals surface area (Å²) in [5, 5.41) is 7.25. The number of sulfonamides is 1. The van der Waals surface area contributed by atoms with Crippen LogP contribution >= 0.6 is 0 Å². The van der Waals surface area contributed by atoms with Crippen LogP contribution in [0, 0.1) is 6.92 Å². The largest absolute Gasteiger partial charge is 0.492 e. The molecule has 0 aliphatic rings. The molecule has 1 aromatic heterocycles. The van der Waals surface area contributed by atoms with Crippen LogP contribution in [0.25, 0.3) is 10.8 Å². The van der Waals surface area contributed by atoms with Crippen LogP contribution in [0.3, 0.4) is 0 Å². The van der Waals surface area contributed by atoms with Crippen molar-refractivity contribution in [2.75, 3.05) is 80.3 Å². The lowest BCUT2D eigenvalue weighted by atomic mass is 9.86. The summed E-state index contributed by atoms with van der Waals surface area (Å²) in [6.45, 7) is 11.5. The Hall–Kier alpha value is -5.48. The Labute approximate surface area is 334 Å². The van der Waals surface area contributed by atoms with Crippen LogP contribution < -0.4 is 29.7 Å². The number of benzene rings is 4. The van der Waals surface area contributed by atoms with Gasteiger partial charge in [0.15, 0.2) is 5.75 Å². The van der Waals surface area contributed by atoms with E-state index in [1.807, 2.05) is 56.0 Å². The highest BCUT2D eigenvalue weighted by Crippen LogP contribution is 2.40. The molecule has 0 bridgehead atoms. The van der Waals surface area contributed by atoms with E-state index in [1.54, 1.807) is 43.6 Å². The van der Waals surface area contributed by atoms with Crippen molar-refractivity contribution in [1.29, 1.82) is 0 Å². The van der Waals surface area contributed by atoms with Crippen molar-refractivity contribution in [3.05, 3.63) is 102 Å². The van der Waals surface area contributed by atoms with Crippen LogP contribution in [0.15, 0.2) is 85.1 Å². The van der Waals surface area contributed by atoms with Crippen molar-refractivity contribution in [1.82, 2.24) is 9.97 Å². The van der Waals surface area contributed by atoms with Crippen molar-refractivity contribution in [2.45, 2.75) is 39.7 Å². The number of hydrogen-bond donors (Lipinski definition) is 3. The minimum Gasteiger partial charge on any atom is -0.492 e. The van der Waals surface area contributed by atoms with Crippen LogP contribution in [-0.4, -0.2) is 84.5 Å². The molecule has 57 heavy (non-hydrogen) atoms. The first-order chi connectivity index (χ1) is 27.2. The lowest BCUT2D eigenvalue weighted by Crippen LogP contribution is -2.29. The molecule has 0 aliphatic heterocycles. The average Bonchev–Trinajstić information content (AvgIpc) is 3.15. The van der Waals surface area contributed by atoms with Crippen LogP contribution in [0.1, 0.15) is 37.5 Å². The van der Waals surface area contributed by atoms with Crippen molar-refractivity contribution in [3.8, 4) is 17.4 Å². The Morgan fingerprint density at radius 2 is 1.51 bits per heavy atom. The second-order valence-electron chi connectivity index (χ2n) is 14.4. The summed E-state index contributed by atoms with van der Waals surface area (Å²) in [4.78, 5) is 25.0.